The number of nitrogens with two attached hydrogens (primary N) is 2. The lowest BCUT2D eigenvalue weighted by Crippen LogP contribution is -2.38. The summed E-state index contributed by atoms with van der Waals surface area (Å²) in [6.07, 6.45) is 0.931. The van der Waals surface area contributed by atoms with Gasteiger partial charge in [0.1, 0.15) is 0 Å². The molecule has 1 heterocycles. The van der Waals surface area contributed by atoms with Gasteiger partial charge >= 0.3 is 0 Å². The van der Waals surface area contributed by atoms with Crippen LogP contribution in [0.1, 0.15) is 13.3 Å². The Morgan fingerprint density at radius 2 is 2.40 bits per heavy atom. The van der Waals surface area contributed by atoms with Gasteiger partial charge in [-0.05, 0) is 19.9 Å². The summed E-state index contributed by atoms with van der Waals surface area (Å²) in [6, 6.07) is 0. The van der Waals surface area contributed by atoms with E-state index in [0.29, 0.717) is 13.2 Å². The molecule has 1 amide bonds. The fourth-order valence-corrected chi connectivity index (χ4v) is 1.95. The Bertz CT molecular complexity index is 211. The molecule has 1 aliphatic heterocycles. The number of hydrogen-bond donors (Lipinski definition) is 2. The average Bonchev–Trinajstić information content (AvgIpc) is 2.65. The third-order valence-corrected chi connectivity index (χ3v) is 2.80. The number of carbonyl (C=O) groups excluding carboxylic acids is 1. The van der Waals surface area contributed by atoms with Crippen molar-refractivity contribution in [3.8, 4) is 0 Å². The van der Waals surface area contributed by atoms with E-state index < -0.39 is 0 Å². The SMILES string of the molecule is CCOC(CN)CN1CCC(C(N)=O)C1. The maximum atomic E-state index is 11.0. The number of likely N-dealkylation sites (tertiary alicyclic amines) is 1. The molecule has 0 aromatic heterocycles. The van der Waals surface area contributed by atoms with Crippen LogP contribution in [0.25, 0.3) is 0 Å². The normalized spacial score (nSPS) is 24.3. The van der Waals surface area contributed by atoms with E-state index in [9.17, 15) is 4.79 Å². The first kappa shape index (κ1) is 12.4. The molecule has 1 aliphatic rings. The monoisotopic (exact) mass is 215 g/mol. The highest BCUT2D eigenvalue weighted by Crippen LogP contribution is 2.15. The van der Waals surface area contributed by atoms with E-state index >= 15 is 0 Å². The summed E-state index contributed by atoms with van der Waals surface area (Å²) < 4.78 is 5.47. The summed E-state index contributed by atoms with van der Waals surface area (Å²) in [7, 11) is 0. The summed E-state index contributed by atoms with van der Waals surface area (Å²) in [5.74, 6) is -0.191. The molecular weight excluding hydrogens is 194 g/mol. The van der Waals surface area contributed by atoms with Crippen LogP contribution in [0, 0.1) is 5.92 Å². The van der Waals surface area contributed by atoms with Crippen LogP contribution in [-0.2, 0) is 9.53 Å². The molecule has 0 spiro atoms. The quantitative estimate of drug-likeness (QED) is 0.605. The Morgan fingerprint density at radius 1 is 1.67 bits per heavy atom. The Labute approximate surface area is 90.7 Å². The predicted molar refractivity (Wildman–Crippen MR) is 58.2 cm³/mol. The summed E-state index contributed by atoms with van der Waals surface area (Å²) in [5, 5.41) is 0. The molecule has 4 N–H and O–H groups in total. The van der Waals surface area contributed by atoms with Crippen molar-refractivity contribution in [2.45, 2.75) is 19.4 Å². The molecule has 1 fully saturated rings. The van der Waals surface area contributed by atoms with Crippen molar-refractivity contribution in [2.75, 3.05) is 32.8 Å². The first-order valence-corrected chi connectivity index (χ1v) is 5.50. The van der Waals surface area contributed by atoms with Gasteiger partial charge in [0.05, 0.1) is 12.0 Å². The van der Waals surface area contributed by atoms with Crippen molar-refractivity contribution in [1.29, 1.82) is 0 Å². The number of carbonyl (C=O) groups is 1. The standard InChI is InChI=1S/C10H21N3O2/c1-2-15-9(5-11)7-13-4-3-8(6-13)10(12)14/h8-9H,2-7,11H2,1H3,(H2,12,14). The lowest BCUT2D eigenvalue weighted by Gasteiger charge is -2.22. The third-order valence-electron chi connectivity index (χ3n) is 2.80. The smallest absolute Gasteiger partial charge is 0.221 e. The molecule has 0 radical (unpaired) electrons. The van der Waals surface area contributed by atoms with Crippen molar-refractivity contribution in [1.82, 2.24) is 4.90 Å². The molecule has 0 bridgehead atoms. The van der Waals surface area contributed by atoms with Crippen molar-refractivity contribution in [3.63, 3.8) is 0 Å². The number of amides is 1. The molecule has 0 aromatic carbocycles. The van der Waals surface area contributed by atoms with Crippen LogP contribution in [0.5, 0.6) is 0 Å². The second-order valence-corrected chi connectivity index (χ2v) is 3.96. The Kier molecular flexibility index (Phi) is 5.01. The van der Waals surface area contributed by atoms with E-state index in [0.717, 1.165) is 26.1 Å². The first-order chi connectivity index (χ1) is 7.17. The fourth-order valence-electron chi connectivity index (χ4n) is 1.95. The van der Waals surface area contributed by atoms with Crippen LogP contribution >= 0.6 is 0 Å². The number of nitrogens with zero attached hydrogens (tertiary/aromatic N) is 1. The maximum Gasteiger partial charge on any atom is 0.221 e. The van der Waals surface area contributed by atoms with Gasteiger partial charge < -0.3 is 16.2 Å². The highest BCUT2D eigenvalue weighted by molar-refractivity contribution is 5.77. The van der Waals surface area contributed by atoms with Crippen LogP contribution < -0.4 is 11.5 Å². The van der Waals surface area contributed by atoms with E-state index in [-0.39, 0.29) is 17.9 Å². The van der Waals surface area contributed by atoms with Crippen LogP contribution in [0.4, 0.5) is 0 Å². The number of primary amides is 1. The lowest BCUT2D eigenvalue weighted by atomic mass is 10.1. The molecule has 1 saturated heterocycles. The van der Waals surface area contributed by atoms with Gasteiger partial charge in [-0.15, -0.1) is 0 Å². The van der Waals surface area contributed by atoms with Crippen LogP contribution in [0.2, 0.25) is 0 Å². The van der Waals surface area contributed by atoms with E-state index in [4.69, 9.17) is 16.2 Å². The van der Waals surface area contributed by atoms with Gasteiger partial charge in [0, 0.05) is 26.2 Å². The Balaban J connectivity index is 2.30. The minimum Gasteiger partial charge on any atom is -0.376 e. The summed E-state index contributed by atoms with van der Waals surface area (Å²) in [4.78, 5) is 13.2. The molecular formula is C10H21N3O2. The van der Waals surface area contributed by atoms with Gasteiger partial charge in [-0.25, -0.2) is 0 Å². The summed E-state index contributed by atoms with van der Waals surface area (Å²) in [5.41, 5.74) is 10.8. The van der Waals surface area contributed by atoms with Crippen LogP contribution in [-0.4, -0.2) is 49.7 Å². The number of rotatable bonds is 6. The minimum absolute atomic E-state index is 0.00468. The van der Waals surface area contributed by atoms with E-state index in [2.05, 4.69) is 4.90 Å². The van der Waals surface area contributed by atoms with Crippen molar-refractivity contribution >= 4 is 5.91 Å². The second-order valence-electron chi connectivity index (χ2n) is 3.96. The van der Waals surface area contributed by atoms with Gasteiger partial charge in [-0.3, -0.25) is 9.69 Å². The van der Waals surface area contributed by atoms with Gasteiger partial charge in [-0.2, -0.15) is 0 Å². The summed E-state index contributed by atoms with van der Waals surface area (Å²) >= 11 is 0. The van der Waals surface area contributed by atoms with E-state index in [1.165, 1.54) is 0 Å². The van der Waals surface area contributed by atoms with Crippen molar-refractivity contribution in [2.24, 2.45) is 17.4 Å². The molecule has 1 rings (SSSR count). The topological polar surface area (TPSA) is 81.6 Å². The lowest BCUT2D eigenvalue weighted by molar-refractivity contribution is -0.121. The molecule has 15 heavy (non-hydrogen) atoms. The third kappa shape index (κ3) is 3.77. The number of hydrogen-bond acceptors (Lipinski definition) is 4. The zero-order valence-corrected chi connectivity index (χ0v) is 9.32. The van der Waals surface area contributed by atoms with Gasteiger partial charge in [0.25, 0.3) is 0 Å². The van der Waals surface area contributed by atoms with E-state index in [1.807, 2.05) is 6.92 Å². The molecule has 2 atom stereocenters. The molecule has 0 aromatic rings. The average molecular weight is 215 g/mol. The minimum atomic E-state index is -0.196. The van der Waals surface area contributed by atoms with Gasteiger partial charge in [0.15, 0.2) is 0 Å². The van der Waals surface area contributed by atoms with Crippen molar-refractivity contribution in [3.05, 3.63) is 0 Å². The number of ether oxygens (including phenoxy) is 1. The van der Waals surface area contributed by atoms with Crippen LogP contribution in [0.3, 0.4) is 0 Å². The largest absolute Gasteiger partial charge is 0.376 e. The maximum absolute atomic E-state index is 11.0. The Hall–Kier alpha value is -0.650. The molecule has 2 unspecified atom stereocenters. The fraction of sp³-hybridized carbons (Fsp3) is 0.900. The molecule has 0 aliphatic carbocycles. The highest BCUT2D eigenvalue weighted by atomic mass is 16.5. The Morgan fingerprint density at radius 3 is 2.87 bits per heavy atom. The van der Waals surface area contributed by atoms with Crippen LogP contribution in [0.15, 0.2) is 0 Å². The second kappa shape index (κ2) is 6.05. The zero-order chi connectivity index (χ0) is 11.3. The first-order valence-electron chi connectivity index (χ1n) is 5.50. The summed E-state index contributed by atoms with van der Waals surface area (Å²) in [6.45, 7) is 5.61. The van der Waals surface area contributed by atoms with Crippen molar-refractivity contribution < 1.29 is 9.53 Å². The highest BCUT2D eigenvalue weighted by Gasteiger charge is 2.27. The van der Waals surface area contributed by atoms with Gasteiger partial charge in [-0.1, -0.05) is 0 Å². The molecule has 5 heteroatoms. The van der Waals surface area contributed by atoms with Gasteiger partial charge in [0.2, 0.25) is 5.91 Å². The van der Waals surface area contributed by atoms with E-state index in [1.54, 1.807) is 0 Å². The zero-order valence-electron chi connectivity index (χ0n) is 9.32. The molecule has 5 nitrogen and oxygen atoms in total. The molecule has 0 saturated carbocycles. The predicted octanol–water partition coefficient (Wildman–Crippen LogP) is -0.843. The molecule has 88 valence electrons.